The first kappa shape index (κ1) is 18.2. The summed E-state index contributed by atoms with van der Waals surface area (Å²) < 4.78 is 6.68. The predicted molar refractivity (Wildman–Crippen MR) is 101 cm³/mol. The quantitative estimate of drug-likeness (QED) is 0.824. The lowest BCUT2D eigenvalue weighted by Gasteiger charge is -2.43. The van der Waals surface area contributed by atoms with Crippen LogP contribution in [0.2, 0.25) is 0 Å². The number of aromatic hydroxyl groups is 1. The summed E-state index contributed by atoms with van der Waals surface area (Å²) in [4.78, 5) is 25.7. The Kier molecular flexibility index (Phi) is 4.64. The highest BCUT2D eigenvalue weighted by molar-refractivity contribution is 5.71. The van der Waals surface area contributed by atoms with Crippen LogP contribution in [0.15, 0.2) is 52.5 Å². The van der Waals surface area contributed by atoms with Crippen LogP contribution in [0.4, 0.5) is 4.79 Å². The smallest absolute Gasteiger partial charge is 0.410 e. The van der Waals surface area contributed by atoms with E-state index < -0.39 is 28.8 Å². The molecule has 0 saturated carbocycles. The van der Waals surface area contributed by atoms with Gasteiger partial charge in [-0.2, -0.15) is 5.10 Å². The van der Waals surface area contributed by atoms with Crippen molar-refractivity contribution in [3.8, 4) is 5.75 Å². The molecule has 2 aliphatic rings. The second-order valence-corrected chi connectivity index (χ2v) is 7.17. The molecule has 1 aromatic carbocycles. The fraction of sp³-hybridized carbons (Fsp3) is 0.350. The Hall–Kier alpha value is -3.13. The number of ether oxygens (including phenoxy) is 1. The Morgan fingerprint density at radius 3 is 2.64 bits per heavy atom. The Bertz CT molecular complexity index is 962. The largest absolute Gasteiger partial charge is 0.503 e. The van der Waals surface area contributed by atoms with E-state index in [0.29, 0.717) is 25.9 Å². The predicted octanol–water partition coefficient (Wildman–Crippen LogP) is 1.85. The highest BCUT2D eigenvalue weighted by Crippen LogP contribution is 2.45. The summed E-state index contributed by atoms with van der Waals surface area (Å²) in [5.74, 6) is -0.490. The van der Waals surface area contributed by atoms with Crippen LogP contribution in [0, 0.1) is 5.41 Å². The van der Waals surface area contributed by atoms with Crippen molar-refractivity contribution in [1.29, 1.82) is 0 Å². The minimum absolute atomic E-state index is 0.0927. The summed E-state index contributed by atoms with van der Waals surface area (Å²) in [6, 6.07) is 10.6. The van der Waals surface area contributed by atoms with Gasteiger partial charge in [-0.1, -0.05) is 30.3 Å². The third-order valence-electron chi connectivity index (χ3n) is 5.49. The van der Waals surface area contributed by atoms with Gasteiger partial charge in [-0.15, -0.1) is 0 Å². The number of aromatic nitrogens is 1. The van der Waals surface area contributed by atoms with E-state index in [4.69, 9.17) is 4.74 Å². The molecule has 1 atom stereocenters. The lowest BCUT2D eigenvalue weighted by Crippen LogP contribution is -2.48. The SMILES string of the molecule is O=C(OCc1ccccc1)N1CCC2(C=Nn3ccc(=O)c(O)c3C2O)CC1. The van der Waals surface area contributed by atoms with Crippen molar-refractivity contribution in [1.82, 2.24) is 9.58 Å². The number of hydrogen-bond donors (Lipinski definition) is 2. The number of aliphatic hydroxyl groups is 1. The molecule has 0 aliphatic carbocycles. The second-order valence-electron chi connectivity index (χ2n) is 7.17. The summed E-state index contributed by atoms with van der Waals surface area (Å²) in [7, 11) is 0. The van der Waals surface area contributed by atoms with Crippen molar-refractivity contribution in [3.05, 3.63) is 64.1 Å². The molecule has 2 aliphatic heterocycles. The van der Waals surface area contributed by atoms with E-state index in [-0.39, 0.29) is 12.3 Å². The average molecular weight is 383 g/mol. The standard InChI is InChI=1S/C20H21N3O5/c24-15-6-9-23-16(17(15)25)18(26)20(13-21-23)7-10-22(11-8-20)19(27)28-12-14-4-2-1-3-5-14/h1-6,9,13,18,25-26H,7-8,10-12H2. The van der Waals surface area contributed by atoms with E-state index in [1.165, 1.54) is 16.9 Å². The van der Waals surface area contributed by atoms with E-state index in [2.05, 4.69) is 5.10 Å². The number of aliphatic hydroxyl groups excluding tert-OH is 1. The molecular formula is C20H21N3O5. The zero-order chi connectivity index (χ0) is 19.7. The van der Waals surface area contributed by atoms with E-state index in [0.717, 1.165) is 5.56 Å². The molecule has 4 rings (SSSR count). The van der Waals surface area contributed by atoms with Gasteiger partial charge in [0.15, 0.2) is 5.75 Å². The number of hydrogen-bond acceptors (Lipinski definition) is 6. The molecule has 3 heterocycles. The Labute approximate surface area is 161 Å². The average Bonchev–Trinajstić information content (AvgIpc) is 2.73. The number of piperidine rings is 1. The summed E-state index contributed by atoms with van der Waals surface area (Å²) in [5.41, 5.74) is -0.284. The number of nitrogens with zero attached hydrogens (tertiary/aromatic N) is 3. The van der Waals surface area contributed by atoms with Gasteiger partial charge < -0.3 is 19.8 Å². The van der Waals surface area contributed by atoms with Gasteiger partial charge in [0, 0.05) is 37.0 Å². The van der Waals surface area contributed by atoms with Crippen LogP contribution in [-0.2, 0) is 11.3 Å². The van der Waals surface area contributed by atoms with Crippen LogP contribution in [0.5, 0.6) is 5.75 Å². The molecule has 2 N–H and O–H groups in total. The number of fused-ring (bicyclic) bond motifs is 1. The first-order chi connectivity index (χ1) is 13.5. The Morgan fingerprint density at radius 1 is 1.21 bits per heavy atom. The van der Waals surface area contributed by atoms with Crippen molar-refractivity contribution in [2.45, 2.75) is 25.6 Å². The second kappa shape index (κ2) is 7.12. The molecule has 1 saturated heterocycles. The van der Waals surface area contributed by atoms with Gasteiger partial charge in [-0.05, 0) is 18.4 Å². The van der Waals surface area contributed by atoms with Crippen molar-refractivity contribution in [2.24, 2.45) is 10.5 Å². The van der Waals surface area contributed by atoms with Crippen LogP contribution in [0.25, 0.3) is 0 Å². The molecule has 146 valence electrons. The number of carbonyl (C=O) groups is 1. The van der Waals surface area contributed by atoms with E-state index in [9.17, 15) is 19.8 Å². The maximum atomic E-state index is 12.3. The van der Waals surface area contributed by atoms with Crippen molar-refractivity contribution >= 4 is 12.3 Å². The van der Waals surface area contributed by atoms with Gasteiger partial charge in [0.2, 0.25) is 5.43 Å². The van der Waals surface area contributed by atoms with E-state index >= 15 is 0 Å². The molecule has 1 aromatic heterocycles. The number of carbonyl (C=O) groups excluding carboxylic acids is 1. The molecule has 1 amide bonds. The summed E-state index contributed by atoms with van der Waals surface area (Å²) in [6.45, 7) is 0.971. The molecule has 0 bridgehead atoms. The lowest BCUT2D eigenvalue weighted by atomic mass is 9.73. The van der Waals surface area contributed by atoms with Gasteiger partial charge in [-0.25, -0.2) is 9.47 Å². The van der Waals surface area contributed by atoms with Crippen LogP contribution in [-0.4, -0.2) is 45.2 Å². The molecule has 8 nitrogen and oxygen atoms in total. The number of likely N-dealkylation sites (tertiary alicyclic amines) is 1. The Morgan fingerprint density at radius 2 is 1.93 bits per heavy atom. The van der Waals surface area contributed by atoms with Crippen molar-refractivity contribution in [2.75, 3.05) is 13.1 Å². The third kappa shape index (κ3) is 3.16. The highest BCUT2D eigenvalue weighted by atomic mass is 16.6. The zero-order valence-electron chi connectivity index (χ0n) is 15.2. The number of amides is 1. The van der Waals surface area contributed by atoms with Gasteiger partial charge >= 0.3 is 6.09 Å². The molecule has 0 radical (unpaired) electrons. The fourth-order valence-corrected chi connectivity index (χ4v) is 3.73. The van der Waals surface area contributed by atoms with Crippen LogP contribution in [0.3, 0.4) is 0 Å². The number of pyridine rings is 1. The molecule has 1 fully saturated rings. The number of rotatable bonds is 2. The molecule has 28 heavy (non-hydrogen) atoms. The van der Waals surface area contributed by atoms with Gasteiger partial charge in [-0.3, -0.25) is 4.79 Å². The molecule has 1 unspecified atom stereocenters. The summed E-state index contributed by atoms with van der Waals surface area (Å²) in [6.07, 6.45) is 2.48. The van der Waals surface area contributed by atoms with E-state index in [1.807, 2.05) is 30.3 Å². The van der Waals surface area contributed by atoms with Crippen LogP contribution < -0.4 is 5.43 Å². The van der Waals surface area contributed by atoms with Crippen molar-refractivity contribution < 1.29 is 19.7 Å². The maximum Gasteiger partial charge on any atom is 0.410 e. The minimum Gasteiger partial charge on any atom is -0.503 e. The van der Waals surface area contributed by atoms with Crippen molar-refractivity contribution in [3.63, 3.8) is 0 Å². The topological polar surface area (TPSA) is 104 Å². The fourth-order valence-electron chi connectivity index (χ4n) is 3.73. The first-order valence-corrected chi connectivity index (χ1v) is 9.14. The molecule has 8 heteroatoms. The van der Waals surface area contributed by atoms with Crippen LogP contribution >= 0.6 is 0 Å². The Balaban J connectivity index is 1.43. The third-order valence-corrected chi connectivity index (χ3v) is 5.49. The molecule has 1 spiro atoms. The van der Waals surface area contributed by atoms with Gasteiger partial charge in [0.05, 0.1) is 0 Å². The maximum absolute atomic E-state index is 12.3. The molecule has 2 aromatic rings. The molecular weight excluding hydrogens is 362 g/mol. The van der Waals surface area contributed by atoms with E-state index in [1.54, 1.807) is 11.1 Å². The zero-order valence-corrected chi connectivity index (χ0v) is 15.2. The summed E-state index contributed by atoms with van der Waals surface area (Å²) >= 11 is 0. The first-order valence-electron chi connectivity index (χ1n) is 9.14. The summed E-state index contributed by atoms with van der Waals surface area (Å²) in [5, 5.41) is 25.2. The minimum atomic E-state index is -1.08. The van der Waals surface area contributed by atoms with Crippen LogP contribution in [0.1, 0.15) is 30.2 Å². The number of benzene rings is 1. The monoisotopic (exact) mass is 383 g/mol. The lowest BCUT2D eigenvalue weighted by molar-refractivity contribution is 0.00932. The van der Waals surface area contributed by atoms with Gasteiger partial charge in [0.25, 0.3) is 0 Å². The highest BCUT2D eigenvalue weighted by Gasteiger charge is 2.45. The normalized spacial score (nSPS) is 20.0. The van der Waals surface area contributed by atoms with Gasteiger partial charge in [0.1, 0.15) is 18.4 Å².